The van der Waals surface area contributed by atoms with Crippen LogP contribution in [0, 0.1) is 12.3 Å². The molecule has 0 atom stereocenters. The van der Waals surface area contributed by atoms with Gasteiger partial charge in [0, 0.05) is 13.0 Å². The summed E-state index contributed by atoms with van der Waals surface area (Å²) in [6, 6.07) is 0. The van der Waals surface area contributed by atoms with Gasteiger partial charge in [-0.05, 0) is 6.42 Å². The molecule has 0 aromatic rings. The standard InChI is InChI=1S/C13H24NO7P/c1-4-9-20-13(15)6-5-10-19-11-7-14(2,3)8-12-21-22(16,17)18/h1H,5-12H2,2-3H3,(H-,16,17,18)/p+1. The van der Waals surface area contributed by atoms with Crippen molar-refractivity contribution in [2.75, 3.05) is 53.6 Å². The lowest BCUT2D eigenvalue weighted by Gasteiger charge is -2.29. The zero-order valence-electron chi connectivity index (χ0n) is 13.1. The molecule has 0 saturated heterocycles. The Balaban J connectivity index is 3.62. The highest BCUT2D eigenvalue weighted by molar-refractivity contribution is 7.46. The van der Waals surface area contributed by atoms with Crippen LogP contribution in [0.15, 0.2) is 0 Å². The molecule has 0 radical (unpaired) electrons. The summed E-state index contributed by atoms with van der Waals surface area (Å²) in [6.07, 6.45) is 5.78. The van der Waals surface area contributed by atoms with Crippen LogP contribution in [-0.2, 0) is 23.4 Å². The summed E-state index contributed by atoms with van der Waals surface area (Å²) >= 11 is 0. The van der Waals surface area contributed by atoms with Crippen LogP contribution >= 0.6 is 7.82 Å². The molecule has 0 aliphatic rings. The van der Waals surface area contributed by atoms with Gasteiger partial charge in [-0.3, -0.25) is 9.32 Å². The highest BCUT2D eigenvalue weighted by atomic mass is 31.2. The van der Waals surface area contributed by atoms with Crippen molar-refractivity contribution in [3.63, 3.8) is 0 Å². The number of carbonyl (C=O) groups is 1. The average molecular weight is 338 g/mol. The third kappa shape index (κ3) is 14.0. The van der Waals surface area contributed by atoms with Crippen LogP contribution in [0.1, 0.15) is 12.8 Å². The molecule has 0 aromatic heterocycles. The van der Waals surface area contributed by atoms with Gasteiger partial charge >= 0.3 is 13.8 Å². The topological polar surface area (TPSA) is 102 Å². The SMILES string of the molecule is C#CCOC(=O)CCCOCC[N+](C)(C)CCOP(=O)(O)O. The summed E-state index contributed by atoms with van der Waals surface area (Å²) in [5, 5.41) is 0. The number of hydrogen-bond acceptors (Lipinski definition) is 5. The van der Waals surface area contributed by atoms with Gasteiger partial charge < -0.3 is 23.7 Å². The Kier molecular flexibility index (Phi) is 10.3. The van der Waals surface area contributed by atoms with E-state index in [0.717, 1.165) is 0 Å². The molecule has 0 saturated carbocycles. The summed E-state index contributed by atoms with van der Waals surface area (Å²) in [6.45, 7) is 1.98. The van der Waals surface area contributed by atoms with E-state index in [1.165, 1.54) is 0 Å². The van der Waals surface area contributed by atoms with Crippen molar-refractivity contribution < 1.29 is 37.6 Å². The minimum Gasteiger partial charge on any atom is -0.452 e. The van der Waals surface area contributed by atoms with E-state index in [4.69, 9.17) is 25.7 Å². The van der Waals surface area contributed by atoms with Gasteiger partial charge in [0.1, 0.15) is 19.7 Å². The molecular weight excluding hydrogens is 313 g/mol. The third-order valence-corrected chi connectivity index (χ3v) is 3.30. The maximum absolute atomic E-state index is 11.1. The number of nitrogens with zero attached hydrogens (tertiary/aromatic N) is 1. The lowest BCUT2D eigenvalue weighted by molar-refractivity contribution is -0.890. The molecule has 9 heteroatoms. The first-order chi connectivity index (χ1) is 10.2. The smallest absolute Gasteiger partial charge is 0.452 e. The summed E-state index contributed by atoms with van der Waals surface area (Å²) in [5.41, 5.74) is 0. The van der Waals surface area contributed by atoms with Crippen LogP contribution in [0.2, 0.25) is 0 Å². The number of esters is 1. The molecule has 128 valence electrons. The van der Waals surface area contributed by atoms with E-state index in [1.54, 1.807) is 0 Å². The second kappa shape index (κ2) is 10.7. The van der Waals surface area contributed by atoms with Crippen molar-refractivity contribution in [1.82, 2.24) is 0 Å². The Bertz CT molecular complexity index is 413. The van der Waals surface area contributed by atoms with Crippen molar-refractivity contribution in [3.05, 3.63) is 0 Å². The zero-order chi connectivity index (χ0) is 17.1. The normalized spacial score (nSPS) is 12.0. The van der Waals surface area contributed by atoms with Gasteiger partial charge in [-0.2, -0.15) is 0 Å². The monoisotopic (exact) mass is 338 g/mol. The Morgan fingerprint density at radius 3 is 2.45 bits per heavy atom. The van der Waals surface area contributed by atoms with Crippen LogP contribution < -0.4 is 0 Å². The van der Waals surface area contributed by atoms with Crippen LogP contribution in [0.25, 0.3) is 0 Å². The molecule has 0 aromatic carbocycles. The molecule has 0 fully saturated rings. The second-order valence-corrected chi connectivity index (χ2v) is 6.53. The Morgan fingerprint density at radius 2 is 1.86 bits per heavy atom. The average Bonchev–Trinajstić information content (AvgIpc) is 2.38. The lowest BCUT2D eigenvalue weighted by atomic mass is 10.3. The number of rotatable bonds is 12. The molecule has 0 aliphatic carbocycles. The number of carbonyl (C=O) groups excluding carboxylic acids is 1. The maximum atomic E-state index is 11.1. The molecule has 0 heterocycles. The molecule has 0 bridgehead atoms. The highest BCUT2D eigenvalue weighted by Crippen LogP contribution is 2.35. The zero-order valence-corrected chi connectivity index (χ0v) is 14.0. The van der Waals surface area contributed by atoms with Crippen LogP contribution in [0.3, 0.4) is 0 Å². The molecule has 22 heavy (non-hydrogen) atoms. The first-order valence-electron chi connectivity index (χ1n) is 6.85. The van der Waals surface area contributed by atoms with Gasteiger partial charge in [-0.1, -0.05) is 5.92 Å². The fourth-order valence-corrected chi connectivity index (χ4v) is 1.76. The first kappa shape index (κ1) is 21.1. The molecule has 2 N–H and O–H groups in total. The number of hydrogen-bond donors (Lipinski definition) is 2. The fourth-order valence-electron chi connectivity index (χ4n) is 1.45. The van der Waals surface area contributed by atoms with Crippen LogP contribution in [-0.4, -0.2) is 73.9 Å². The molecule has 0 unspecified atom stereocenters. The van der Waals surface area contributed by atoms with Crippen molar-refractivity contribution in [1.29, 1.82) is 0 Å². The Labute approximate surface area is 131 Å². The molecular formula is C13H25NO7P+. The quantitative estimate of drug-likeness (QED) is 0.172. The predicted molar refractivity (Wildman–Crippen MR) is 79.7 cm³/mol. The number of phosphoric ester groups is 1. The molecule has 0 rings (SSSR count). The van der Waals surface area contributed by atoms with Crippen molar-refractivity contribution in [3.8, 4) is 12.3 Å². The first-order valence-corrected chi connectivity index (χ1v) is 8.38. The van der Waals surface area contributed by atoms with Crippen LogP contribution in [0.4, 0.5) is 0 Å². The number of likely N-dealkylation sites (N-methyl/N-ethyl adjacent to an activating group) is 1. The van der Waals surface area contributed by atoms with Gasteiger partial charge in [0.25, 0.3) is 0 Å². The van der Waals surface area contributed by atoms with Crippen LogP contribution in [0.5, 0.6) is 0 Å². The van der Waals surface area contributed by atoms with Crippen molar-refractivity contribution >= 4 is 13.8 Å². The number of ether oxygens (including phenoxy) is 2. The van der Waals surface area contributed by atoms with Gasteiger partial charge in [-0.15, -0.1) is 6.42 Å². The number of terminal acetylenes is 1. The largest absolute Gasteiger partial charge is 0.469 e. The van der Waals surface area contributed by atoms with E-state index in [0.29, 0.717) is 37.2 Å². The molecule has 8 nitrogen and oxygen atoms in total. The molecule has 0 aliphatic heterocycles. The Hall–Kier alpha value is -0.940. The van der Waals surface area contributed by atoms with E-state index in [9.17, 15) is 9.36 Å². The molecule has 0 spiro atoms. The number of phosphoric acid groups is 1. The molecule has 0 amide bonds. The second-order valence-electron chi connectivity index (χ2n) is 5.29. The van der Waals surface area contributed by atoms with Gasteiger partial charge in [0.2, 0.25) is 0 Å². The maximum Gasteiger partial charge on any atom is 0.469 e. The summed E-state index contributed by atoms with van der Waals surface area (Å²) in [4.78, 5) is 28.3. The minimum absolute atomic E-state index is 0.0119. The van der Waals surface area contributed by atoms with E-state index < -0.39 is 7.82 Å². The van der Waals surface area contributed by atoms with E-state index in [-0.39, 0.29) is 25.6 Å². The van der Waals surface area contributed by atoms with Gasteiger partial charge in [0.15, 0.2) is 6.61 Å². The Morgan fingerprint density at radius 1 is 1.23 bits per heavy atom. The summed E-state index contributed by atoms with van der Waals surface area (Å²) < 4.78 is 25.6. The predicted octanol–water partition coefficient (Wildman–Crippen LogP) is 0.145. The van der Waals surface area contributed by atoms with Gasteiger partial charge in [-0.25, -0.2) is 4.57 Å². The van der Waals surface area contributed by atoms with Crippen molar-refractivity contribution in [2.45, 2.75) is 12.8 Å². The lowest BCUT2D eigenvalue weighted by Crippen LogP contribution is -2.44. The highest BCUT2D eigenvalue weighted by Gasteiger charge is 2.19. The van der Waals surface area contributed by atoms with E-state index in [1.807, 2.05) is 14.1 Å². The van der Waals surface area contributed by atoms with Crippen molar-refractivity contribution in [2.24, 2.45) is 0 Å². The summed E-state index contributed by atoms with van der Waals surface area (Å²) in [5.74, 6) is 1.88. The minimum atomic E-state index is -4.41. The number of quaternary nitrogens is 1. The van der Waals surface area contributed by atoms with Gasteiger partial charge in [0.05, 0.1) is 20.7 Å². The third-order valence-electron chi connectivity index (χ3n) is 2.78. The summed E-state index contributed by atoms with van der Waals surface area (Å²) in [7, 11) is -0.595. The van der Waals surface area contributed by atoms with E-state index >= 15 is 0 Å². The fraction of sp³-hybridized carbons (Fsp3) is 0.769. The van der Waals surface area contributed by atoms with E-state index in [2.05, 4.69) is 10.4 Å².